The zero-order valence-corrected chi connectivity index (χ0v) is 14.7. The second-order valence-corrected chi connectivity index (χ2v) is 4.77. The first-order valence-electron chi connectivity index (χ1n) is 7.93. The SMILES string of the molecule is CCOC(=O)C(=O)c1ccccn1.CCOC(=O)C(F)(F)c1ccccn1. The van der Waals surface area contributed by atoms with Crippen molar-refractivity contribution in [1.82, 2.24) is 9.97 Å². The number of hydrogen-bond donors (Lipinski definition) is 0. The molecule has 0 radical (unpaired) electrons. The van der Waals surface area contributed by atoms with Crippen LogP contribution in [0.4, 0.5) is 8.78 Å². The van der Waals surface area contributed by atoms with E-state index in [1.54, 1.807) is 19.1 Å². The fraction of sp³-hybridized carbons (Fsp3) is 0.278. The van der Waals surface area contributed by atoms with Crippen LogP contribution in [-0.2, 0) is 25.0 Å². The Hall–Kier alpha value is -3.23. The summed E-state index contributed by atoms with van der Waals surface area (Å²) in [5, 5.41) is 0. The van der Waals surface area contributed by atoms with Crippen LogP contribution in [0.3, 0.4) is 0 Å². The van der Waals surface area contributed by atoms with Gasteiger partial charge in [-0.15, -0.1) is 0 Å². The Kier molecular flexibility index (Phi) is 8.64. The average Bonchev–Trinajstić information content (AvgIpc) is 2.69. The number of carbonyl (C=O) groups is 3. The summed E-state index contributed by atoms with van der Waals surface area (Å²) in [5.74, 6) is -6.81. The van der Waals surface area contributed by atoms with Gasteiger partial charge in [-0.3, -0.25) is 14.8 Å². The number of nitrogens with zero attached hydrogens (tertiary/aromatic N) is 2. The molecule has 0 amide bonds. The first-order chi connectivity index (χ1) is 12.8. The molecule has 0 atom stereocenters. The predicted octanol–water partition coefficient (Wildman–Crippen LogP) is 2.56. The number of halogens is 2. The number of pyridine rings is 2. The van der Waals surface area contributed by atoms with Crippen LogP contribution in [-0.4, -0.2) is 40.9 Å². The standard InChI is InChI=1S/C9H9F2NO2.C9H9NO3/c1-2-14-8(13)9(10,11)7-5-3-4-6-12-7;1-2-13-9(12)8(11)7-5-3-4-6-10-7/h3-6H,2H2,1H3;3-6H,2H2,1H3. The normalized spacial score (nSPS) is 10.2. The van der Waals surface area contributed by atoms with Gasteiger partial charge in [0, 0.05) is 12.4 Å². The molecule has 0 saturated carbocycles. The lowest BCUT2D eigenvalue weighted by Gasteiger charge is -2.13. The molecule has 2 heterocycles. The summed E-state index contributed by atoms with van der Waals surface area (Å²) in [7, 11) is 0. The quantitative estimate of drug-likeness (QED) is 0.432. The van der Waals surface area contributed by atoms with Crippen molar-refractivity contribution in [2.75, 3.05) is 13.2 Å². The van der Waals surface area contributed by atoms with Crippen molar-refractivity contribution in [1.29, 1.82) is 0 Å². The summed E-state index contributed by atoms with van der Waals surface area (Å²) in [4.78, 5) is 40.1. The highest BCUT2D eigenvalue weighted by Crippen LogP contribution is 2.27. The number of aromatic nitrogens is 2. The zero-order valence-electron chi connectivity index (χ0n) is 14.7. The van der Waals surface area contributed by atoms with Crippen molar-refractivity contribution < 1.29 is 32.6 Å². The molecule has 0 fully saturated rings. The van der Waals surface area contributed by atoms with E-state index in [4.69, 9.17) is 0 Å². The van der Waals surface area contributed by atoms with Crippen LogP contribution in [0.15, 0.2) is 48.8 Å². The smallest absolute Gasteiger partial charge is 0.384 e. The van der Waals surface area contributed by atoms with Gasteiger partial charge < -0.3 is 9.47 Å². The van der Waals surface area contributed by atoms with Gasteiger partial charge in [0.05, 0.1) is 13.2 Å². The third-order valence-electron chi connectivity index (χ3n) is 2.88. The maximum absolute atomic E-state index is 13.2. The third-order valence-corrected chi connectivity index (χ3v) is 2.88. The summed E-state index contributed by atoms with van der Waals surface area (Å²) >= 11 is 0. The van der Waals surface area contributed by atoms with Crippen LogP contribution in [0.2, 0.25) is 0 Å². The zero-order chi connectivity index (χ0) is 20.3. The molecular formula is C18H18F2N2O5. The number of Topliss-reactive ketones (excluding diaryl/α,β-unsaturated/α-hetero) is 1. The number of esters is 2. The average molecular weight is 380 g/mol. The molecule has 2 aromatic rings. The molecule has 0 N–H and O–H groups in total. The fourth-order valence-corrected chi connectivity index (χ4v) is 1.67. The first-order valence-corrected chi connectivity index (χ1v) is 7.93. The summed E-state index contributed by atoms with van der Waals surface area (Å²) in [6, 6.07) is 8.73. The largest absolute Gasteiger partial charge is 0.461 e. The Labute approximate surface area is 154 Å². The molecule has 0 unspecified atom stereocenters. The van der Waals surface area contributed by atoms with Crippen LogP contribution >= 0.6 is 0 Å². The summed E-state index contributed by atoms with van der Waals surface area (Å²) in [5.41, 5.74) is -0.487. The van der Waals surface area contributed by atoms with E-state index in [2.05, 4.69) is 19.4 Å². The van der Waals surface area contributed by atoms with Crippen LogP contribution < -0.4 is 0 Å². The van der Waals surface area contributed by atoms with Gasteiger partial charge in [-0.25, -0.2) is 9.59 Å². The van der Waals surface area contributed by atoms with Crippen molar-refractivity contribution in [2.24, 2.45) is 0 Å². The number of carbonyl (C=O) groups excluding carboxylic acids is 3. The molecule has 0 bridgehead atoms. The summed E-state index contributed by atoms with van der Waals surface area (Å²) < 4.78 is 35.2. The molecule has 9 heteroatoms. The van der Waals surface area contributed by atoms with Crippen LogP contribution in [0, 0.1) is 0 Å². The molecule has 27 heavy (non-hydrogen) atoms. The number of hydrogen-bond acceptors (Lipinski definition) is 7. The van der Waals surface area contributed by atoms with Crippen molar-refractivity contribution in [3.63, 3.8) is 0 Å². The summed E-state index contributed by atoms with van der Waals surface area (Å²) in [6.45, 7) is 3.22. The second kappa shape index (κ2) is 10.7. The van der Waals surface area contributed by atoms with Crippen LogP contribution in [0.5, 0.6) is 0 Å². The van der Waals surface area contributed by atoms with Gasteiger partial charge in [0.1, 0.15) is 11.4 Å². The minimum absolute atomic E-state index is 0.0821. The maximum Gasteiger partial charge on any atom is 0.384 e. The lowest BCUT2D eigenvalue weighted by atomic mass is 10.2. The molecule has 0 aromatic carbocycles. The van der Waals surface area contributed by atoms with Crippen LogP contribution in [0.1, 0.15) is 30.0 Å². The Morgan fingerprint density at radius 3 is 2.00 bits per heavy atom. The lowest BCUT2D eigenvalue weighted by molar-refractivity contribution is -0.173. The Morgan fingerprint density at radius 2 is 1.52 bits per heavy atom. The van der Waals surface area contributed by atoms with Gasteiger partial charge in [0.15, 0.2) is 0 Å². The molecule has 144 valence electrons. The molecule has 0 aliphatic carbocycles. The van der Waals surface area contributed by atoms with Crippen LogP contribution in [0.25, 0.3) is 0 Å². The Bertz CT molecular complexity index is 755. The highest BCUT2D eigenvalue weighted by molar-refractivity contribution is 6.40. The van der Waals surface area contributed by atoms with Gasteiger partial charge in [-0.1, -0.05) is 12.1 Å². The molecular weight excluding hydrogens is 362 g/mol. The van der Waals surface area contributed by atoms with Gasteiger partial charge in [-0.05, 0) is 38.1 Å². The first kappa shape index (κ1) is 21.8. The van der Waals surface area contributed by atoms with E-state index in [0.717, 1.165) is 6.07 Å². The Morgan fingerprint density at radius 1 is 0.926 bits per heavy atom. The second-order valence-electron chi connectivity index (χ2n) is 4.77. The third kappa shape index (κ3) is 6.53. The number of ketones is 1. The minimum Gasteiger partial charge on any atom is -0.461 e. The van der Waals surface area contributed by atoms with Gasteiger partial charge >= 0.3 is 17.9 Å². The van der Waals surface area contributed by atoms with Gasteiger partial charge in [-0.2, -0.15) is 8.78 Å². The monoisotopic (exact) mass is 380 g/mol. The molecule has 0 saturated heterocycles. The highest BCUT2D eigenvalue weighted by atomic mass is 19.3. The van der Waals surface area contributed by atoms with E-state index in [-0.39, 0.29) is 18.9 Å². The molecule has 0 spiro atoms. The van der Waals surface area contributed by atoms with E-state index < -0.39 is 29.3 Å². The topological polar surface area (TPSA) is 95.5 Å². The number of ether oxygens (including phenoxy) is 2. The predicted molar refractivity (Wildman–Crippen MR) is 90.0 cm³/mol. The molecule has 0 aliphatic rings. The van der Waals surface area contributed by atoms with E-state index in [1.165, 1.54) is 37.5 Å². The number of rotatable bonds is 6. The van der Waals surface area contributed by atoms with Crippen molar-refractivity contribution in [3.05, 3.63) is 60.2 Å². The lowest BCUT2D eigenvalue weighted by Crippen LogP contribution is -2.29. The Balaban J connectivity index is 0.000000271. The van der Waals surface area contributed by atoms with Crippen molar-refractivity contribution in [3.8, 4) is 0 Å². The van der Waals surface area contributed by atoms with Gasteiger partial charge in [0.2, 0.25) is 0 Å². The van der Waals surface area contributed by atoms with E-state index >= 15 is 0 Å². The highest BCUT2D eigenvalue weighted by Gasteiger charge is 2.43. The molecule has 0 aliphatic heterocycles. The molecule has 2 rings (SSSR count). The fourth-order valence-electron chi connectivity index (χ4n) is 1.67. The van der Waals surface area contributed by atoms with Crippen molar-refractivity contribution >= 4 is 17.7 Å². The maximum atomic E-state index is 13.2. The van der Waals surface area contributed by atoms with Crippen molar-refractivity contribution in [2.45, 2.75) is 19.8 Å². The van der Waals surface area contributed by atoms with E-state index in [0.29, 0.717) is 0 Å². The summed E-state index contributed by atoms with van der Waals surface area (Å²) in [6.07, 6.45) is 2.65. The molecule has 7 nitrogen and oxygen atoms in total. The van der Waals surface area contributed by atoms with E-state index in [9.17, 15) is 23.2 Å². The van der Waals surface area contributed by atoms with E-state index in [1.807, 2.05) is 0 Å². The minimum atomic E-state index is -3.67. The molecule has 2 aromatic heterocycles. The number of alkyl halides is 2. The van der Waals surface area contributed by atoms with Gasteiger partial charge in [0.25, 0.3) is 5.78 Å².